The third kappa shape index (κ3) is 3.76. The van der Waals surface area contributed by atoms with Gasteiger partial charge in [0.1, 0.15) is 0 Å². The number of unbranched alkanes of at least 4 members (excludes halogenated alkanes) is 2. The quantitative estimate of drug-likeness (QED) is 0.263. The molecule has 0 spiro atoms. The molecule has 1 aromatic heterocycles. The molecule has 1 amide bonds. The van der Waals surface area contributed by atoms with Crippen LogP contribution in [-0.4, -0.2) is 20.6 Å². The molecule has 112 valence electrons. The van der Waals surface area contributed by atoms with Crippen LogP contribution in [0, 0.1) is 10.1 Å². The Bertz CT molecular complexity index is 652. The second-order valence-corrected chi connectivity index (χ2v) is 4.75. The van der Waals surface area contributed by atoms with Crippen LogP contribution in [0.25, 0.3) is 10.9 Å². The Morgan fingerprint density at radius 2 is 2.19 bits per heavy atom. The molecule has 0 fully saturated rings. The number of rotatable bonds is 7. The predicted octanol–water partition coefficient (Wildman–Crippen LogP) is 1.49. The Balaban J connectivity index is 1.94. The van der Waals surface area contributed by atoms with E-state index < -0.39 is 4.92 Å². The molecular weight excluding hydrogens is 274 g/mol. The molecule has 0 unspecified atom stereocenters. The Hall–Kier alpha value is -2.48. The van der Waals surface area contributed by atoms with Crippen LogP contribution in [0.5, 0.6) is 0 Å². The molecular formula is C13H17N5O3. The third-order valence-electron chi connectivity index (χ3n) is 3.27. The van der Waals surface area contributed by atoms with Crippen LogP contribution in [0.15, 0.2) is 24.4 Å². The van der Waals surface area contributed by atoms with Crippen LogP contribution in [0.2, 0.25) is 0 Å². The van der Waals surface area contributed by atoms with E-state index in [4.69, 9.17) is 5.84 Å². The van der Waals surface area contributed by atoms with Gasteiger partial charge in [-0.25, -0.2) is 5.84 Å². The van der Waals surface area contributed by atoms with Gasteiger partial charge in [-0.1, -0.05) is 6.42 Å². The van der Waals surface area contributed by atoms with Crippen molar-refractivity contribution < 1.29 is 9.72 Å². The van der Waals surface area contributed by atoms with Crippen molar-refractivity contribution in [1.82, 2.24) is 15.2 Å². The van der Waals surface area contributed by atoms with Gasteiger partial charge in [-0.2, -0.15) is 5.10 Å². The first-order valence-corrected chi connectivity index (χ1v) is 6.71. The summed E-state index contributed by atoms with van der Waals surface area (Å²) in [5.41, 5.74) is 2.90. The van der Waals surface area contributed by atoms with Crippen LogP contribution in [0.4, 0.5) is 5.69 Å². The maximum absolute atomic E-state index is 11.0. The van der Waals surface area contributed by atoms with Gasteiger partial charge in [0, 0.05) is 30.5 Å². The second-order valence-electron chi connectivity index (χ2n) is 4.75. The van der Waals surface area contributed by atoms with Crippen LogP contribution < -0.4 is 11.3 Å². The van der Waals surface area contributed by atoms with Gasteiger partial charge < -0.3 is 0 Å². The van der Waals surface area contributed by atoms with E-state index in [-0.39, 0.29) is 11.6 Å². The van der Waals surface area contributed by atoms with Gasteiger partial charge in [-0.05, 0) is 18.9 Å². The number of aryl methyl sites for hydroxylation is 1. The largest absolute Gasteiger partial charge is 0.294 e. The number of aromatic nitrogens is 2. The normalized spacial score (nSPS) is 10.7. The van der Waals surface area contributed by atoms with Gasteiger partial charge in [0.05, 0.1) is 16.6 Å². The first-order chi connectivity index (χ1) is 10.1. The number of benzene rings is 1. The van der Waals surface area contributed by atoms with E-state index in [0.717, 1.165) is 30.2 Å². The molecule has 0 aliphatic heterocycles. The number of nitro benzene ring substituents is 1. The minimum absolute atomic E-state index is 0.0591. The summed E-state index contributed by atoms with van der Waals surface area (Å²) in [6, 6.07) is 4.70. The lowest BCUT2D eigenvalue weighted by Gasteiger charge is -2.04. The number of non-ortho nitro benzene ring substituents is 1. The Labute approximate surface area is 121 Å². The van der Waals surface area contributed by atoms with Crippen molar-refractivity contribution in [2.24, 2.45) is 5.84 Å². The molecule has 0 bridgehead atoms. The van der Waals surface area contributed by atoms with Crippen molar-refractivity contribution in [2.45, 2.75) is 32.2 Å². The second kappa shape index (κ2) is 6.80. The molecule has 8 nitrogen and oxygen atoms in total. The van der Waals surface area contributed by atoms with Crippen molar-refractivity contribution in [3.05, 3.63) is 34.5 Å². The third-order valence-corrected chi connectivity index (χ3v) is 3.27. The minimum Gasteiger partial charge on any atom is -0.294 e. The molecule has 2 aromatic rings. The van der Waals surface area contributed by atoms with Gasteiger partial charge in [-0.3, -0.25) is 25.0 Å². The maximum Gasteiger partial charge on any atom is 0.271 e. The number of fused-ring (bicyclic) bond motifs is 1. The highest BCUT2D eigenvalue weighted by Crippen LogP contribution is 2.21. The fourth-order valence-corrected chi connectivity index (χ4v) is 2.15. The van der Waals surface area contributed by atoms with E-state index in [1.165, 1.54) is 12.1 Å². The number of amides is 1. The standard InChI is InChI=1S/C13H17N5O3/c14-16-13(19)4-2-1-3-7-17-12-8-11(18(20)21)6-5-10(12)9-15-17/h5-6,8-9H,1-4,7,14H2,(H,16,19). The molecule has 1 aromatic carbocycles. The van der Waals surface area contributed by atoms with Crippen LogP contribution in [-0.2, 0) is 11.3 Å². The van der Waals surface area contributed by atoms with Gasteiger partial charge in [-0.15, -0.1) is 0 Å². The maximum atomic E-state index is 11.0. The summed E-state index contributed by atoms with van der Waals surface area (Å²) < 4.78 is 1.76. The fraction of sp³-hybridized carbons (Fsp3) is 0.385. The van der Waals surface area contributed by atoms with Crippen molar-refractivity contribution in [1.29, 1.82) is 0 Å². The zero-order chi connectivity index (χ0) is 15.2. The molecule has 0 aliphatic rings. The number of carbonyl (C=O) groups is 1. The first-order valence-electron chi connectivity index (χ1n) is 6.71. The smallest absolute Gasteiger partial charge is 0.271 e. The van der Waals surface area contributed by atoms with E-state index in [9.17, 15) is 14.9 Å². The topological polar surface area (TPSA) is 116 Å². The molecule has 0 saturated carbocycles. The number of hydrogen-bond acceptors (Lipinski definition) is 5. The lowest BCUT2D eigenvalue weighted by Crippen LogP contribution is -2.29. The lowest BCUT2D eigenvalue weighted by molar-refractivity contribution is -0.384. The van der Waals surface area contributed by atoms with Gasteiger partial charge >= 0.3 is 0 Å². The SMILES string of the molecule is NNC(=O)CCCCCn1ncc2ccc([N+](=O)[O-])cc21. The highest BCUT2D eigenvalue weighted by Gasteiger charge is 2.09. The summed E-state index contributed by atoms with van der Waals surface area (Å²) in [6.07, 6.45) is 4.56. The zero-order valence-electron chi connectivity index (χ0n) is 11.5. The Morgan fingerprint density at radius 3 is 2.90 bits per heavy atom. The van der Waals surface area contributed by atoms with Crippen molar-refractivity contribution in [3.63, 3.8) is 0 Å². The molecule has 3 N–H and O–H groups in total. The van der Waals surface area contributed by atoms with E-state index in [1.807, 2.05) is 0 Å². The summed E-state index contributed by atoms with van der Waals surface area (Å²) in [4.78, 5) is 21.3. The molecule has 8 heteroatoms. The minimum atomic E-state index is -0.414. The number of nitrogens with one attached hydrogen (secondary N) is 1. The Morgan fingerprint density at radius 1 is 1.38 bits per heavy atom. The molecule has 0 radical (unpaired) electrons. The highest BCUT2D eigenvalue weighted by molar-refractivity contribution is 5.80. The first kappa shape index (κ1) is 14.9. The number of hydrogen-bond donors (Lipinski definition) is 2. The van der Waals surface area contributed by atoms with E-state index in [0.29, 0.717) is 13.0 Å². The van der Waals surface area contributed by atoms with Crippen molar-refractivity contribution >= 4 is 22.5 Å². The van der Waals surface area contributed by atoms with Gasteiger partial charge in [0.25, 0.3) is 5.69 Å². The van der Waals surface area contributed by atoms with Crippen molar-refractivity contribution in [2.75, 3.05) is 0 Å². The monoisotopic (exact) mass is 291 g/mol. The number of nitro groups is 1. The molecule has 0 aliphatic carbocycles. The molecule has 21 heavy (non-hydrogen) atoms. The molecule has 0 atom stereocenters. The van der Waals surface area contributed by atoms with E-state index in [2.05, 4.69) is 10.5 Å². The Kier molecular flexibility index (Phi) is 4.83. The summed E-state index contributed by atoms with van der Waals surface area (Å²) in [5.74, 6) is 4.82. The number of nitrogens with two attached hydrogens (primary N) is 1. The molecule has 1 heterocycles. The molecule has 2 rings (SSSR count). The summed E-state index contributed by atoms with van der Waals surface area (Å²) in [7, 11) is 0. The van der Waals surface area contributed by atoms with Crippen molar-refractivity contribution in [3.8, 4) is 0 Å². The zero-order valence-corrected chi connectivity index (χ0v) is 11.5. The van der Waals surface area contributed by atoms with E-state index in [1.54, 1.807) is 16.9 Å². The number of carbonyl (C=O) groups excluding carboxylic acids is 1. The predicted molar refractivity (Wildman–Crippen MR) is 77.2 cm³/mol. The van der Waals surface area contributed by atoms with Crippen LogP contribution in [0.3, 0.4) is 0 Å². The van der Waals surface area contributed by atoms with Gasteiger partial charge in [0.2, 0.25) is 5.91 Å². The summed E-state index contributed by atoms with van der Waals surface area (Å²) in [5, 5.41) is 15.9. The fourth-order valence-electron chi connectivity index (χ4n) is 2.15. The van der Waals surface area contributed by atoms with Gasteiger partial charge in [0.15, 0.2) is 0 Å². The van der Waals surface area contributed by atoms with E-state index >= 15 is 0 Å². The summed E-state index contributed by atoms with van der Waals surface area (Å²) >= 11 is 0. The average Bonchev–Trinajstić information content (AvgIpc) is 2.89. The van der Waals surface area contributed by atoms with Crippen LogP contribution >= 0.6 is 0 Å². The number of hydrazine groups is 1. The summed E-state index contributed by atoms with van der Waals surface area (Å²) in [6.45, 7) is 0.662. The highest BCUT2D eigenvalue weighted by atomic mass is 16.6. The lowest BCUT2D eigenvalue weighted by atomic mass is 10.2. The average molecular weight is 291 g/mol. The number of nitrogens with zero attached hydrogens (tertiary/aromatic N) is 3. The van der Waals surface area contributed by atoms with Crippen LogP contribution in [0.1, 0.15) is 25.7 Å². The molecule has 0 saturated heterocycles.